The number of carbonyl (C=O) groups excluding carboxylic acids is 2. The molecule has 4 heteroatoms. The summed E-state index contributed by atoms with van der Waals surface area (Å²) in [6.07, 6.45) is 1.39. The van der Waals surface area contributed by atoms with Crippen LogP contribution < -0.4 is 5.32 Å². The smallest absolute Gasteiger partial charge is 0.241 e. The molecule has 0 aliphatic carbocycles. The van der Waals surface area contributed by atoms with Crippen molar-refractivity contribution in [3.63, 3.8) is 0 Å². The van der Waals surface area contributed by atoms with Gasteiger partial charge in [-0.05, 0) is 11.8 Å². The summed E-state index contributed by atoms with van der Waals surface area (Å²) in [5, 5.41) is 2.59. The summed E-state index contributed by atoms with van der Waals surface area (Å²) in [6, 6.07) is 0. The lowest BCUT2D eigenvalue weighted by Gasteiger charge is -2.25. The number of nitrogens with one attached hydrogen (secondary N) is 1. The van der Waals surface area contributed by atoms with Crippen LogP contribution in [-0.2, 0) is 9.59 Å². The summed E-state index contributed by atoms with van der Waals surface area (Å²) in [5.41, 5.74) is 0.226. The molecule has 1 rings (SSSR count). The van der Waals surface area contributed by atoms with E-state index < -0.39 is 0 Å². The van der Waals surface area contributed by atoms with Crippen molar-refractivity contribution in [3.8, 4) is 0 Å². The van der Waals surface area contributed by atoms with Crippen molar-refractivity contribution in [1.82, 2.24) is 10.2 Å². The van der Waals surface area contributed by atoms with Crippen LogP contribution in [0.3, 0.4) is 0 Å². The van der Waals surface area contributed by atoms with Crippen LogP contribution in [0.15, 0.2) is 0 Å². The Morgan fingerprint density at radius 2 is 2.00 bits per heavy atom. The Balaban J connectivity index is 2.46. The van der Waals surface area contributed by atoms with E-state index in [1.165, 1.54) is 0 Å². The third kappa shape index (κ3) is 4.32. The fourth-order valence-corrected chi connectivity index (χ4v) is 1.44. The Hall–Kier alpha value is -1.06. The SMILES string of the molecule is CC(C)(C)CCN1CCC(=O)NCC1=O. The zero-order valence-corrected chi connectivity index (χ0v) is 9.80. The lowest BCUT2D eigenvalue weighted by molar-refractivity contribution is -0.130. The van der Waals surface area contributed by atoms with Crippen molar-refractivity contribution < 1.29 is 9.59 Å². The van der Waals surface area contributed by atoms with Crippen molar-refractivity contribution >= 4 is 11.8 Å². The van der Waals surface area contributed by atoms with Gasteiger partial charge in [0.15, 0.2) is 0 Å². The maximum atomic E-state index is 11.6. The fraction of sp³-hybridized carbons (Fsp3) is 0.818. The number of hydrogen-bond donors (Lipinski definition) is 1. The minimum Gasteiger partial charge on any atom is -0.347 e. The van der Waals surface area contributed by atoms with Crippen molar-refractivity contribution in [3.05, 3.63) is 0 Å². The van der Waals surface area contributed by atoms with Crippen LogP contribution in [0, 0.1) is 5.41 Å². The number of rotatable bonds is 2. The standard InChI is InChI=1S/C11H20N2O2/c1-11(2,3)5-7-13-6-4-9(14)12-8-10(13)15/h4-8H2,1-3H3,(H,12,14). The molecule has 1 heterocycles. The molecule has 1 saturated heterocycles. The molecule has 0 unspecified atom stereocenters. The van der Waals surface area contributed by atoms with Gasteiger partial charge < -0.3 is 10.2 Å². The quantitative estimate of drug-likeness (QED) is 0.735. The fourth-order valence-electron chi connectivity index (χ4n) is 1.44. The summed E-state index contributed by atoms with van der Waals surface area (Å²) in [6.45, 7) is 7.91. The van der Waals surface area contributed by atoms with Crippen molar-refractivity contribution in [2.45, 2.75) is 33.6 Å². The monoisotopic (exact) mass is 212 g/mol. The van der Waals surface area contributed by atoms with E-state index in [1.54, 1.807) is 4.90 Å². The van der Waals surface area contributed by atoms with E-state index in [0.717, 1.165) is 13.0 Å². The lowest BCUT2D eigenvalue weighted by atomic mass is 9.92. The number of amides is 2. The molecule has 1 aliphatic rings. The van der Waals surface area contributed by atoms with Gasteiger partial charge in [-0.15, -0.1) is 0 Å². The summed E-state index contributed by atoms with van der Waals surface area (Å²) < 4.78 is 0. The van der Waals surface area contributed by atoms with Crippen molar-refractivity contribution in [1.29, 1.82) is 0 Å². The Labute approximate surface area is 91.0 Å². The average molecular weight is 212 g/mol. The van der Waals surface area contributed by atoms with E-state index in [9.17, 15) is 9.59 Å². The third-order valence-electron chi connectivity index (χ3n) is 2.53. The highest BCUT2D eigenvalue weighted by atomic mass is 16.2. The van der Waals surface area contributed by atoms with Gasteiger partial charge in [0, 0.05) is 19.5 Å². The normalized spacial score (nSPS) is 18.7. The maximum Gasteiger partial charge on any atom is 0.241 e. The van der Waals surface area contributed by atoms with E-state index in [2.05, 4.69) is 26.1 Å². The Bertz CT molecular complexity index is 256. The molecule has 0 spiro atoms. The Morgan fingerprint density at radius 3 is 2.60 bits per heavy atom. The second-order valence-corrected chi connectivity index (χ2v) is 5.22. The van der Waals surface area contributed by atoms with Gasteiger partial charge >= 0.3 is 0 Å². The minimum atomic E-state index is -0.0263. The van der Waals surface area contributed by atoms with Crippen LogP contribution in [0.1, 0.15) is 33.6 Å². The molecule has 0 aromatic rings. The number of hydrogen-bond acceptors (Lipinski definition) is 2. The summed E-state index contributed by atoms with van der Waals surface area (Å²) in [7, 11) is 0. The molecule has 0 aromatic carbocycles. The molecule has 0 atom stereocenters. The molecule has 1 fully saturated rings. The molecule has 4 nitrogen and oxygen atoms in total. The zero-order chi connectivity index (χ0) is 11.5. The van der Waals surface area contributed by atoms with Gasteiger partial charge in [-0.25, -0.2) is 0 Å². The van der Waals surface area contributed by atoms with E-state index in [0.29, 0.717) is 13.0 Å². The number of carbonyl (C=O) groups is 2. The molecule has 1 aliphatic heterocycles. The van der Waals surface area contributed by atoms with Crippen LogP contribution in [0.2, 0.25) is 0 Å². The van der Waals surface area contributed by atoms with E-state index in [-0.39, 0.29) is 23.8 Å². The largest absolute Gasteiger partial charge is 0.347 e. The molecular weight excluding hydrogens is 192 g/mol. The first-order chi connectivity index (χ1) is 6.88. The zero-order valence-electron chi connectivity index (χ0n) is 9.80. The molecular formula is C11H20N2O2. The second kappa shape index (κ2) is 4.64. The Morgan fingerprint density at radius 1 is 1.33 bits per heavy atom. The molecule has 0 aromatic heterocycles. The van der Waals surface area contributed by atoms with Crippen LogP contribution >= 0.6 is 0 Å². The van der Waals surface area contributed by atoms with Gasteiger partial charge in [-0.3, -0.25) is 9.59 Å². The molecule has 15 heavy (non-hydrogen) atoms. The van der Waals surface area contributed by atoms with E-state index in [4.69, 9.17) is 0 Å². The van der Waals surface area contributed by atoms with Gasteiger partial charge in [0.05, 0.1) is 6.54 Å². The van der Waals surface area contributed by atoms with Crippen LogP contribution in [-0.4, -0.2) is 36.3 Å². The highest BCUT2D eigenvalue weighted by Crippen LogP contribution is 2.19. The number of nitrogens with zero attached hydrogens (tertiary/aromatic N) is 1. The van der Waals surface area contributed by atoms with Crippen molar-refractivity contribution in [2.75, 3.05) is 19.6 Å². The van der Waals surface area contributed by atoms with E-state index in [1.807, 2.05) is 0 Å². The summed E-state index contributed by atoms with van der Waals surface area (Å²) in [4.78, 5) is 24.5. The predicted molar refractivity (Wildman–Crippen MR) is 58.3 cm³/mol. The van der Waals surface area contributed by atoms with Crippen molar-refractivity contribution in [2.24, 2.45) is 5.41 Å². The third-order valence-corrected chi connectivity index (χ3v) is 2.53. The molecule has 0 radical (unpaired) electrons. The van der Waals surface area contributed by atoms with Gasteiger partial charge in [0.1, 0.15) is 0 Å². The van der Waals surface area contributed by atoms with Gasteiger partial charge in [0.2, 0.25) is 11.8 Å². The first-order valence-corrected chi connectivity index (χ1v) is 5.43. The Kier molecular flexibility index (Phi) is 3.72. The van der Waals surface area contributed by atoms with Gasteiger partial charge in [-0.2, -0.15) is 0 Å². The topological polar surface area (TPSA) is 49.4 Å². The van der Waals surface area contributed by atoms with Crippen LogP contribution in [0.4, 0.5) is 0 Å². The highest BCUT2D eigenvalue weighted by Gasteiger charge is 2.21. The molecule has 0 saturated carbocycles. The average Bonchev–Trinajstić information content (AvgIpc) is 2.26. The summed E-state index contributed by atoms with van der Waals surface area (Å²) >= 11 is 0. The second-order valence-electron chi connectivity index (χ2n) is 5.22. The maximum absolute atomic E-state index is 11.6. The summed E-state index contributed by atoms with van der Waals surface area (Å²) in [5.74, 6) is 0.00621. The predicted octanol–water partition coefficient (Wildman–Crippen LogP) is 0.771. The lowest BCUT2D eigenvalue weighted by Crippen LogP contribution is -2.37. The van der Waals surface area contributed by atoms with Crippen LogP contribution in [0.25, 0.3) is 0 Å². The minimum absolute atomic E-state index is 0.0263. The van der Waals surface area contributed by atoms with Crippen LogP contribution in [0.5, 0.6) is 0 Å². The molecule has 1 N–H and O–H groups in total. The van der Waals surface area contributed by atoms with Gasteiger partial charge in [-0.1, -0.05) is 20.8 Å². The van der Waals surface area contributed by atoms with Gasteiger partial charge in [0.25, 0.3) is 0 Å². The first kappa shape index (κ1) is 12.0. The first-order valence-electron chi connectivity index (χ1n) is 5.43. The molecule has 86 valence electrons. The molecule has 0 bridgehead atoms. The van der Waals surface area contributed by atoms with E-state index >= 15 is 0 Å². The highest BCUT2D eigenvalue weighted by molar-refractivity contribution is 5.87. The molecule has 2 amide bonds.